The smallest absolute Gasteiger partial charge is 0.305 e. The Labute approximate surface area is 327 Å². The van der Waals surface area contributed by atoms with E-state index in [1.54, 1.807) is 12.4 Å². The summed E-state index contributed by atoms with van der Waals surface area (Å²) < 4.78 is 0. The summed E-state index contributed by atoms with van der Waals surface area (Å²) in [5, 5.41) is 0. The van der Waals surface area contributed by atoms with Gasteiger partial charge in [0.25, 0.3) is 0 Å². The third kappa shape index (κ3) is 7.22. The third-order valence-electron chi connectivity index (χ3n) is 8.52. The van der Waals surface area contributed by atoms with Crippen LogP contribution in [-0.4, -0.2) is 19.9 Å². The van der Waals surface area contributed by atoms with Gasteiger partial charge in [-0.15, -0.1) is 143 Å². The van der Waals surface area contributed by atoms with Crippen LogP contribution in [0.4, 0.5) is 0 Å². The van der Waals surface area contributed by atoms with Crippen LogP contribution >= 0.6 is 0 Å². The molecule has 0 amide bonds. The van der Waals surface area contributed by atoms with Gasteiger partial charge >= 0.3 is 42.1 Å². The van der Waals surface area contributed by atoms with E-state index in [0.29, 0.717) is 0 Å². The second-order valence-corrected chi connectivity index (χ2v) is 11.5. The van der Waals surface area contributed by atoms with E-state index < -0.39 is 5.41 Å². The zero-order chi connectivity index (χ0) is 32.9. The number of hydrogen-bond acceptors (Lipinski definition) is 4. The summed E-state index contributed by atoms with van der Waals surface area (Å²) in [7, 11) is 0. The first-order valence-electron chi connectivity index (χ1n) is 16.1. The average molecular weight is 1010 g/mol. The summed E-state index contributed by atoms with van der Waals surface area (Å²) in [4.78, 5) is 20.1. The van der Waals surface area contributed by atoms with Crippen molar-refractivity contribution in [1.82, 2.24) is 19.9 Å². The minimum Gasteiger partial charge on any atom is -0.305 e. The number of hydrogen-bond donors (Lipinski definition) is 0. The van der Waals surface area contributed by atoms with Gasteiger partial charge in [0.05, 0.1) is 5.41 Å². The number of pyridine rings is 4. The minimum atomic E-state index is -1.06. The summed E-state index contributed by atoms with van der Waals surface area (Å²) in [6, 6.07) is 66.5. The number of benzene rings is 4. The van der Waals surface area contributed by atoms with Crippen molar-refractivity contribution in [3.63, 3.8) is 0 Å². The Hall–Kier alpha value is -5.14. The summed E-state index contributed by atoms with van der Waals surface area (Å²) >= 11 is 0. The van der Waals surface area contributed by atoms with Crippen molar-refractivity contribution in [2.24, 2.45) is 0 Å². The zero-order valence-corrected chi connectivity index (χ0v) is 31.6. The fourth-order valence-corrected chi connectivity index (χ4v) is 6.24. The topological polar surface area (TPSA) is 51.6 Å². The van der Waals surface area contributed by atoms with E-state index in [4.69, 9.17) is 9.97 Å². The third-order valence-corrected chi connectivity index (χ3v) is 8.52. The molecule has 0 atom stereocenters. The normalized spacial score (nSPS) is 10.8. The van der Waals surface area contributed by atoms with Crippen LogP contribution in [0, 0.1) is 24.3 Å². The van der Waals surface area contributed by atoms with Crippen molar-refractivity contribution in [2.45, 2.75) is 5.41 Å². The van der Waals surface area contributed by atoms with Gasteiger partial charge in [-0.25, -0.2) is 0 Å². The Bertz CT molecular complexity index is 2000. The molecule has 0 fully saturated rings. The molecule has 51 heavy (non-hydrogen) atoms. The monoisotopic (exact) mass is 1010 g/mol. The van der Waals surface area contributed by atoms with Gasteiger partial charge in [0.2, 0.25) is 0 Å². The van der Waals surface area contributed by atoms with Gasteiger partial charge in [0, 0.05) is 23.8 Å². The SMILES string of the molecule is [Pt+2].[Pt+2].[c-]1ccccc1-c1cccc(C(c2[c-]c(-c3ccccn3)ccc2)(c2[c-]c(-c3ccccn3)ccc2)c2cccc(-c3[c-]cccc3)n2)n1. The number of aromatic nitrogens is 4. The Balaban J connectivity index is 0.00000224. The number of rotatable bonds is 8. The summed E-state index contributed by atoms with van der Waals surface area (Å²) in [6.07, 6.45) is 3.60. The molecule has 0 saturated heterocycles. The van der Waals surface area contributed by atoms with E-state index >= 15 is 0 Å². The molecule has 4 nitrogen and oxygen atoms in total. The predicted molar refractivity (Wildman–Crippen MR) is 193 cm³/mol. The maximum absolute atomic E-state index is 5.40. The molecule has 248 valence electrons. The quantitative estimate of drug-likeness (QED) is 0.143. The van der Waals surface area contributed by atoms with Gasteiger partial charge in [-0.3, -0.25) is 9.97 Å². The van der Waals surface area contributed by atoms with E-state index in [9.17, 15) is 0 Å². The average Bonchev–Trinajstić information content (AvgIpc) is 3.20. The van der Waals surface area contributed by atoms with Crippen LogP contribution in [0.25, 0.3) is 45.0 Å². The van der Waals surface area contributed by atoms with E-state index in [0.717, 1.165) is 67.5 Å². The summed E-state index contributed by atoms with van der Waals surface area (Å²) in [5.41, 5.74) is 8.97. The van der Waals surface area contributed by atoms with Crippen LogP contribution in [0.1, 0.15) is 22.5 Å². The largest absolute Gasteiger partial charge is 2.00 e. The van der Waals surface area contributed by atoms with E-state index in [1.165, 1.54) is 0 Å². The second-order valence-electron chi connectivity index (χ2n) is 11.5. The second kappa shape index (κ2) is 16.3. The van der Waals surface area contributed by atoms with Crippen molar-refractivity contribution < 1.29 is 42.1 Å². The van der Waals surface area contributed by atoms with Gasteiger partial charge in [-0.1, -0.05) is 48.5 Å². The fraction of sp³-hybridized carbons (Fsp3) is 0.0222. The molecule has 8 rings (SSSR count). The molecular weight excluding hydrogens is 987 g/mol. The Morgan fingerprint density at radius 2 is 0.784 bits per heavy atom. The van der Waals surface area contributed by atoms with Crippen molar-refractivity contribution in [2.75, 3.05) is 0 Å². The maximum atomic E-state index is 5.40. The zero-order valence-electron chi connectivity index (χ0n) is 27.1. The van der Waals surface area contributed by atoms with Crippen molar-refractivity contribution in [3.05, 3.63) is 217 Å². The first-order chi connectivity index (χ1) is 24.3. The van der Waals surface area contributed by atoms with Crippen LogP contribution < -0.4 is 0 Å². The molecule has 0 aliphatic rings. The van der Waals surface area contributed by atoms with E-state index in [-0.39, 0.29) is 42.1 Å². The molecule has 6 heteroatoms. The van der Waals surface area contributed by atoms with Crippen LogP contribution in [0.3, 0.4) is 0 Å². The van der Waals surface area contributed by atoms with Gasteiger partial charge < -0.3 is 9.97 Å². The molecule has 0 aliphatic carbocycles. The fourth-order valence-electron chi connectivity index (χ4n) is 6.24. The van der Waals surface area contributed by atoms with E-state index in [2.05, 4.69) is 70.6 Å². The van der Waals surface area contributed by atoms with Gasteiger partial charge in [0.1, 0.15) is 0 Å². The molecule has 4 aromatic heterocycles. The van der Waals surface area contributed by atoms with Crippen molar-refractivity contribution in [1.29, 1.82) is 0 Å². The predicted octanol–water partition coefficient (Wildman–Crippen LogP) is 9.51. The Morgan fingerprint density at radius 3 is 1.20 bits per heavy atom. The Kier molecular flexibility index (Phi) is 11.4. The standard InChI is InChI=1S/C45H28N4.2Pt/c1-3-15-33(16-4-1)41-25-13-27-43(48-41)45(37-21-11-19-35(31-37)39-23-7-9-29-46-39,38-22-12-20-36(32-38)40-24-8-10-30-47-40)44-28-14-26-42(49-44)34-17-5-2-6-18-34;;/h1-15,17,19-30H;;/q-4;2*+2. The summed E-state index contributed by atoms with van der Waals surface area (Å²) in [5.74, 6) is 0. The molecule has 0 N–H and O–H groups in total. The molecule has 8 aromatic rings. The molecular formula is C45H28N4Pt2. The summed E-state index contributed by atoms with van der Waals surface area (Å²) in [6.45, 7) is 0. The van der Waals surface area contributed by atoms with Gasteiger partial charge in [-0.05, 0) is 47.0 Å². The molecule has 0 spiro atoms. The first-order valence-corrected chi connectivity index (χ1v) is 16.1. The van der Waals surface area contributed by atoms with Crippen LogP contribution in [0.15, 0.2) is 170 Å². The van der Waals surface area contributed by atoms with E-state index in [1.807, 2.05) is 121 Å². The van der Waals surface area contributed by atoms with Crippen LogP contribution in [-0.2, 0) is 47.5 Å². The first kappa shape index (κ1) is 35.7. The van der Waals surface area contributed by atoms with Crippen molar-refractivity contribution in [3.8, 4) is 45.0 Å². The molecule has 0 bridgehead atoms. The van der Waals surface area contributed by atoms with Crippen LogP contribution in [0.5, 0.6) is 0 Å². The van der Waals surface area contributed by atoms with Gasteiger partial charge in [-0.2, -0.15) is 0 Å². The molecule has 4 heterocycles. The molecule has 0 aliphatic heterocycles. The van der Waals surface area contributed by atoms with Gasteiger partial charge in [0.15, 0.2) is 0 Å². The Morgan fingerprint density at radius 1 is 0.373 bits per heavy atom. The van der Waals surface area contributed by atoms with Crippen molar-refractivity contribution >= 4 is 0 Å². The number of nitrogens with zero attached hydrogens (tertiary/aromatic N) is 4. The van der Waals surface area contributed by atoms with Crippen LogP contribution in [0.2, 0.25) is 0 Å². The molecule has 0 radical (unpaired) electrons. The molecule has 4 aromatic carbocycles. The minimum absolute atomic E-state index is 0. The molecule has 0 saturated carbocycles. The molecule has 0 unspecified atom stereocenters. The maximum Gasteiger partial charge on any atom is 2.00 e.